The molecule has 8 heteroatoms. The molecule has 0 radical (unpaired) electrons. The highest BCUT2D eigenvalue weighted by molar-refractivity contribution is 5.99. The molecule has 1 unspecified atom stereocenters. The lowest BCUT2D eigenvalue weighted by atomic mass is 10.1. The molecule has 0 aromatic carbocycles. The van der Waals surface area contributed by atoms with Crippen molar-refractivity contribution in [1.82, 2.24) is 9.47 Å². The van der Waals surface area contributed by atoms with Gasteiger partial charge in [0.05, 0.1) is 6.54 Å². The van der Waals surface area contributed by atoms with Crippen LogP contribution in [0.1, 0.15) is 34.6 Å². The van der Waals surface area contributed by atoms with E-state index in [4.69, 9.17) is 5.11 Å². The molecule has 1 saturated heterocycles. The van der Waals surface area contributed by atoms with E-state index in [1.165, 1.54) is 19.9 Å². The van der Waals surface area contributed by atoms with Crippen molar-refractivity contribution in [3.8, 4) is 0 Å². The van der Waals surface area contributed by atoms with E-state index in [2.05, 4.69) is 0 Å². The molecule has 1 N–H and O–H groups in total. The van der Waals surface area contributed by atoms with Crippen molar-refractivity contribution < 1.29 is 27.9 Å². The number of rotatable bonds is 5. The molecule has 23 heavy (non-hydrogen) atoms. The summed E-state index contributed by atoms with van der Waals surface area (Å²) in [5.41, 5.74) is 0.845. The number of alkyl halides is 3. The quantitative estimate of drug-likeness (QED) is 0.841. The Labute approximate surface area is 131 Å². The van der Waals surface area contributed by atoms with Gasteiger partial charge in [-0.25, -0.2) is 0 Å². The van der Waals surface area contributed by atoms with Crippen LogP contribution in [0.4, 0.5) is 13.2 Å². The summed E-state index contributed by atoms with van der Waals surface area (Å²) in [5.74, 6) is -1.32. The molecule has 1 aromatic rings. The second-order valence-corrected chi connectivity index (χ2v) is 5.88. The summed E-state index contributed by atoms with van der Waals surface area (Å²) in [6.45, 7) is 2.27. The largest absolute Gasteiger partial charge is 0.480 e. The van der Waals surface area contributed by atoms with Gasteiger partial charge in [-0.1, -0.05) is 0 Å². The molecule has 0 saturated carbocycles. The van der Waals surface area contributed by atoms with E-state index in [1.54, 1.807) is 4.90 Å². The summed E-state index contributed by atoms with van der Waals surface area (Å²) >= 11 is 0. The maximum atomic E-state index is 12.6. The molecule has 128 valence electrons. The lowest BCUT2D eigenvalue weighted by Crippen LogP contribution is -2.39. The average Bonchev–Trinajstić information content (AvgIpc) is 2.97. The van der Waals surface area contributed by atoms with Gasteiger partial charge in [-0.15, -0.1) is 0 Å². The highest BCUT2D eigenvalue weighted by Crippen LogP contribution is 2.24. The molecule has 1 atom stereocenters. The van der Waals surface area contributed by atoms with Crippen LogP contribution >= 0.6 is 0 Å². The minimum atomic E-state index is -4.36. The van der Waals surface area contributed by atoms with E-state index in [0.717, 1.165) is 4.57 Å². The van der Waals surface area contributed by atoms with Gasteiger partial charge >= 0.3 is 12.1 Å². The average molecular weight is 332 g/mol. The molecule has 5 nitrogen and oxygen atoms in total. The number of nitrogens with zero attached hydrogens (tertiary/aromatic N) is 2. The summed E-state index contributed by atoms with van der Waals surface area (Å²) in [6.07, 6.45) is -3.19. The molecule has 0 amide bonds. The Bertz CT molecular complexity index is 622. The molecule has 0 spiro atoms. The lowest BCUT2D eigenvalue weighted by Gasteiger charge is -2.20. The van der Waals surface area contributed by atoms with Crippen LogP contribution in [0.2, 0.25) is 0 Å². The van der Waals surface area contributed by atoms with E-state index < -0.39 is 24.7 Å². The first-order chi connectivity index (χ1) is 10.6. The number of carbonyl (C=O) groups excluding carboxylic acids is 1. The van der Waals surface area contributed by atoms with E-state index in [1.807, 2.05) is 0 Å². The van der Waals surface area contributed by atoms with E-state index in [9.17, 15) is 22.8 Å². The van der Waals surface area contributed by atoms with Crippen LogP contribution in [0.5, 0.6) is 0 Å². The van der Waals surface area contributed by atoms with Crippen molar-refractivity contribution in [2.75, 3.05) is 13.1 Å². The SMILES string of the molecule is Cc1cc(C(=O)CN2CCCC2C(=O)O)c(C)n1CC(F)(F)F. The smallest absolute Gasteiger partial charge is 0.406 e. The Morgan fingerprint density at radius 1 is 1.35 bits per heavy atom. The van der Waals surface area contributed by atoms with E-state index >= 15 is 0 Å². The van der Waals surface area contributed by atoms with Crippen LogP contribution in [0.25, 0.3) is 0 Å². The third-order valence-electron chi connectivity index (χ3n) is 4.21. The second-order valence-electron chi connectivity index (χ2n) is 5.88. The van der Waals surface area contributed by atoms with Crippen LogP contribution < -0.4 is 0 Å². The zero-order valence-electron chi connectivity index (χ0n) is 13.0. The van der Waals surface area contributed by atoms with Gasteiger partial charge in [0.1, 0.15) is 12.6 Å². The second kappa shape index (κ2) is 6.35. The van der Waals surface area contributed by atoms with Gasteiger partial charge in [0.25, 0.3) is 0 Å². The Kier molecular flexibility index (Phi) is 4.84. The number of aliphatic carboxylic acids is 1. The zero-order chi connectivity index (χ0) is 17.4. The Morgan fingerprint density at radius 3 is 2.57 bits per heavy atom. The maximum absolute atomic E-state index is 12.6. The summed E-state index contributed by atoms with van der Waals surface area (Å²) < 4.78 is 38.9. The molecule has 2 heterocycles. The zero-order valence-corrected chi connectivity index (χ0v) is 13.0. The fourth-order valence-electron chi connectivity index (χ4n) is 3.07. The monoisotopic (exact) mass is 332 g/mol. The lowest BCUT2D eigenvalue weighted by molar-refractivity contribution is -0.142. The third-order valence-corrected chi connectivity index (χ3v) is 4.21. The summed E-state index contributed by atoms with van der Waals surface area (Å²) in [7, 11) is 0. The van der Waals surface area contributed by atoms with Gasteiger partial charge in [0.15, 0.2) is 5.78 Å². The number of hydrogen-bond acceptors (Lipinski definition) is 3. The fraction of sp³-hybridized carbons (Fsp3) is 0.600. The van der Waals surface area contributed by atoms with Crippen LogP contribution in [-0.2, 0) is 11.3 Å². The van der Waals surface area contributed by atoms with Crippen LogP contribution in [-0.4, -0.2) is 51.6 Å². The number of halogens is 3. The first-order valence-corrected chi connectivity index (χ1v) is 7.33. The number of carboxylic acids is 1. The minimum absolute atomic E-state index is 0.0900. The van der Waals surface area contributed by atoms with Crippen molar-refractivity contribution in [2.45, 2.75) is 45.5 Å². The number of aryl methyl sites for hydroxylation is 1. The first kappa shape index (κ1) is 17.5. The standard InChI is InChI=1S/C15H19F3N2O3/c1-9-6-11(10(2)20(9)8-15(16,17)18)13(21)7-19-5-3-4-12(19)14(22)23/h6,12H,3-5,7-8H2,1-2H3,(H,22,23). The van der Waals surface area contributed by atoms with Crippen molar-refractivity contribution in [2.24, 2.45) is 0 Å². The minimum Gasteiger partial charge on any atom is -0.480 e. The van der Waals surface area contributed by atoms with Gasteiger partial charge in [-0.05, 0) is 39.3 Å². The molecular formula is C15H19F3N2O3. The predicted molar refractivity (Wildman–Crippen MR) is 76.5 cm³/mol. The van der Waals surface area contributed by atoms with Gasteiger partial charge in [-0.3, -0.25) is 14.5 Å². The van der Waals surface area contributed by atoms with Crippen LogP contribution in [0.3, 0.4) is 0 Å². The van der Waals surface area contributed by atoms with Gasteiger partial charge in [0, 0.05) is 17.0 Å². The Hall–Kier alpha value is -1.83. The maximum Gasteiger partial charge on any atom is 0.406 e. The van der Waals surface area contributed by atoms with Gasteiger partial charge in [0.2, 0.25) is 0 Å². The molecule has 1 fully saturated rings. The topological polar surface area (TPSA) is 62.5 Å². The number of carboxylic acid groups (broad SMARTS) is 1. The van der Waals surface area contributed by atoms with E-state index in [0.29, 0.717) is 25.1 Å². The summed E-state index contributed by atoms with van der Waals surface area (Å²) in [5, 5.41) is 9.12. The highest BCUT2D eigenvalue weighted by Gasteiger charge is 2.33. The molecule has 0 aliphatic carbocycles. The molecule has 1 aromatic heterocycles. The van der Waals surface area contributed by atoms with Crippen LogP contribution in [0, 0.1) is 13.8 Å². The molecule has 1 aliphatic heterocycles. The number of Topliss-reactive ketones (excluding diaryl/α,β-unsaturated/α-hetero) is 1. The van der Waals surface area contributed by atoms with E-state index in [-0.39, 0.29) is 23.6 Å². The third kappa shape index (κ3) is 3.93. The normalized spacial score (nSPS) is 19.3. The van der Waals surface area contributed by atoms with Gasteiger partial charge < -0.3 is 9.67 Å². The number of aromatic nitrogens is 1. The van der Waals surface area contributed by atoms with Gasteiger partial charge in [-0.2, -0.15) is 13.2 Å². The number of likely N-dealkylation sites (tertiary alicyclic amines) is 1. The van der Waals surface area contributed by atoms with Crippen molar-refractivity contribution in [3.63, 3.8) is 0 Å². The Morgan fingerprint density at radius 2 is 2.00 bits per heavy atom. The highest BCUT2D eigenvalue weighted by atomic mass is 19.4. The van der Waals surface area contributed by atoms with Crippen molar-refractivity contribution in [3.05, 3.63) is 23.0 Å². The summed E-state index contributed by atoms with van der Waals surface area (Å²) in [6, 6.07) is 0.743. The number of carbonyl (C=O) groups is 2. The Balaban J connectivity index is 2.17. The summed E-state index contributed by atoms with van der Waals surface area (Å²) in [4.78, 5) is 25.1. The molecule has 0 bridgehead atoms. The predicted octanol–water partition coefficient (Wildman–Crippen LogP) is 2.40. The molecule has 2 rings (SSSR count). The van der Waals surface area contributed by atoms with Crippen molar-refractivity contribution in [1.29, 1.82) is 0 Å². The van der Waals surface area contributed by atoms with Crippen LogP contribution in [0.15, 0.2) is 6.07 Å². The number of ketones is 1. The number of hydrogen-bond donors (Lipinski definition) is 1. The molecular weight excluding hydrogens is 313 g/mol. The first-order valence-electron chi connectivity index (χ1n) is 7.33. The fourth-order valence-corrected chi connectivity index (χ4v) is 3.07. The van der Waals surface area contributed by atoms with Crippen molar-refractivity contribution >= 4 is 11.8 Å². The molecule has 1 aliphatic rings.